The number of rotatable bonds is 8. The molecule has 4 rings (SSSR count). The Hall–Kier alpha value is -3.90. The van der Waals surface area contributed by atoms with Gasteiger partial charge in [-0.1, -0.05) is 54.6 Å². The Bertz CT molecular complexity index is 1270. The van der Waals surface area contributed by atoms with E-state index in [0.717, 1.165) is 33.8 Å². The highest BCUT2D eigenvalue weighted by Gasteiger charge is 2.23. The molecule has 0 aliphatic heterocycles. The van der Waals surface area contributed by atoms with Crippen LogP contribution in [0.2, 0.25) is 0 Å². The van der Waals surface area contributed by atoms with Gasteiger partial charge in [-0.25, -0.2) is 4.68 Å². The van der Waals surface area contributed by atoms with E-state index in [2.05, 4.69) is 17.6 Å². The third kappa shape index (κ3) is 5.02. The van der Waals surface area contributed by atoms with Gasteiger partial charge in [0, 0.05) is 17.8 Å². The molecule has 3 aromatic carbocycles. The Kier molecular flexibility index (Phi) is 7.09. The van der Waals surface area contributed by atoms with Crippen LogP contribution < -0.4 is 15.4 Å². The molecule has 0 saturated heterocycles. The molecule has 1 amide bonds. The molecule has 0 bridgehead atoms. The molecule has 34 heavy (non-hydrogen) atoms. The Balaban J connectivity index is 1.60. The van der Waals surface area contributed by atoms with Gasteiger partial charge in [0.25, 0.3) is 0 Å². The summed E-state index contributed by atoms with van der Waals surface area (Å²) in [7, 11) is 1.60. The zero-order chi connectivity index (χ0) is 24.1. The van der Waals surface area contributed by atoms with Crippen LogP contribution in [0.1, 0.15) is 34.1 Å². The maximum absolute atomic E-state index is 13.5. The quantitative estimate of drug-likeness (QED) is 0.380. The molecule has 174 valence electrons. The normalized spacial score (nSPS) is 11.8. The van der Waals surface area contributed by atoms with Gasteiger partial charge in [-0.05, 0) is 56.2 Å². The van der Waals surface area contributed by atoms with Gasteiger partial charge in [-0.3, -0.25) is 10.1 Å². The van der Waals surface area contributed by atoms with E-state index in [1.807, 2.05) is 97.4 Å². The second-order valence-electron chi connectivity index (χ2n) is 8.31. The number of para-hydroxylation sites is 1. The third-order valence-corrected chi connectivity index (χ3v) is 5.93. The number of hydrogen-bond donors (Lipinski definition) is 2. The lowest BCUT2D eigenvalue weighted by atomic mass is 10.0. The van der Waals surface area contributed by atoms with E-state index in [0.29, 0.717) is 18.0 Å². The molecular weight excluding hydrogens is 424 g/mol. The van der Waals surface area contributed by atoms with E-state index in [9.17, 15) is 4.79 Å². The summed E-state index contributed by atoms with van der Waals surface area (Å²) in [5, 5.41) is 11.3. The lowest BCUT2D eigenvalue weighted by Crippen LogP contribution is -2.33. The van der Waals surface area contributed by atoms with Crippen molar-refractivity contribution in [1.82, 2.24) is 15.1 Å². The lowest BCUT2D eigenvalue weighted by molar-refractivity contribution is -0.118. The summed E-state index contributed by atoms with van der Waals surface area (Å²) in [6.45, 7) is 6.54. The number of methoxy groups -OCH3 is 1. The number of carbonyl (C=O) groups excluding carboxylic acids is 1. The fourth-order valence-corrected chi connectivity index (χ4v) is 4.09. The zero-order valence-corrected chi connectivity index (χ0v) is 20.0. The molecule has 1 heterocycles. The van der Waals surface area contributed by atoms with E-state index in [1.165, 1.54) is 0 Å². The van der Waals surface area contributed by atoms with Gasteiger partial charge in [0.1, 0.15) is 11.8 Å². The molecule has 0 aliphatic rings. The molecule has 6 heteroatoms. The molecule has 0 aliphatic carbocycles. The summed E-state index contributed by atoms with van der Waals surface area (Å²) in [5.41, 5.74) is 6.64. The van der Waals surface area contributed by atoms with Crippen molar-refractivity contribution in [3.63, 3.8) is 0 Å². The summed E-state index contributed by atoms with van der Waals surface area (Å²) in [6.07, 6.45) is 0. The van der Waals surface area contributed by atoms with Crippen LogP contribution in [0.5, 0.6) is 5.75 Å². The highest BCUT2D eigenvalue weighted by Crippen LogP contribution is 2.27. The minimum absolute atomic E-state index is 0.152. The van der Waals surface area contributed by atoms with Crippen LogP contribution >= 0.6 is 0 Å². The summed E-state index contributed by atoms with van der Waals surface area (Å²) < 4.78 is 7.39. The number of hydrogen-bond acceptors (Lipinski definition) is 4. The molecule has 4 aromatic rings. The highest BCUT2D eigenvalue weighted by molar-refractivity contribution is 5.96. The minimum atomic E-state index is -0.551. The average molecular weight is 455 g/mol. The van der Waals surface area contributed by atoms with Crippen LogP contribution in [-0.4, -0.2) is 22.8 Å². The van der Waals surface area contributed by atoms with Crippen molar-refractivity contribution >= 4 is 11.6 Å². The number of nitrogens with one attached hydrogen (secondary N) is 2. The number of nitrogens with zero attached hydrogens (tertiary/aromatic N) is 2. The first-order chi connectivity index (χ1) is 16.5. The van der Waals surface area contributed by atoms with E-state index in [4.69, 9.17) is 9.84 Å². The molecular formula is C28H30N4O2. The van der Waals surface area contributed by atoms with Crippen LogP contribution in [0.25, 0.3) is 5.69 Å². The molecule has 2 N–H and O–H groups in total. The van der Waals surface area contributed by atoms with E-state index in [1.54, 1.807) is 7.11 Å². The van der Waals surface area contributed by atoms with Gasteiger partial charge in [-0.15, -0.1) is 0 Å². The van der Waals surface area contributed by atoms with Crippen molar-refractivity contribution < 1.29 is 9.53 Å². The summed E-state index contributed by atoms with van der Waals surface area (Å²) in [4.78, 5) is 13.5. The van der Waals surface area contributed by atoms with E-state index < -0.39 is 6.04 Å². The number of aryl methyl sites for hydroxylation is 2. The Morgan fingerprint density at radius 1 is 0.971 bits per heavy atom. The molecule has 0 saturated carbocycles. The fourth-order valence-electron chi connectivity index (χ4n) is 4.09. The van der Waals surface area contributed by atoms with Gasteiger partial charge < -0.3 is 10.1 Å². The Morgan fingerprint density at radius 2 is 1.65 bits per heavy atom. The monoisotopic (exact) mass is 454 g/mol. The average Bonchev–Trinajstić information content (AvgIpc) is 3.14. The molecule has 0 fully saturated rings. The third-order valence-electron chi connectivity index (χ3n) is 5.93. The maximum Gasteiger partial charge on any atom is 0.246 e. The number of benzene rings is 3. The first kappa shape index (κ1) is 23.3. The van der Waals surface area contributed by atoms with Gasteiger partial charge >= 0.3 is 0 Å². The number of carbonyl (C=O) groups is 1. The van der Waals surface area contributed by atoms with Crippen molar-refractivity contribution in [2.24, 2.45) is 0 Å². The fraction of sp³-hybridized carbons (Fsp3) is 0.214. The van der Waals surface area contributed by atoms with Crippen molar-refractivity contribution in [1.29, 1.82) is 0 Å². The topological polar surface area (TPSA) is 68.2 Å². The Morgan fingerprint density at radius 3 is 2.32 bits per heavy atom. The zero-order valence-electron chi connectivity index (χ0n) is 20.0. The second-order valence-corrected chi connectivity index (χ2v) is 8.31. The van der Waals surface area contributed by atoms with Crippen molar-refractivity contribution in [2.75, 3.05) is 12.4 Å². The van der Waals surface area contributed by atoms with Crippen LogP contribution in [0.3, 0.4) is 0 Å². The van der Waals surface area contributed by atoms with Crippen molar-refractivity contribution in [3.8, 4) is 11.4 Å². The van der Waals surface area contributed by atoms with Crippen LogP contribution in [0.15, 0.2) is 78.9 Å². The van der Waals surface area contributed by atoms with E-state index in [-0.39, 0.29) is 5.91 Å². The molecule has 1 atom stereocenters. The smallest absolute Gasteiger partial charge is 0.246 e. The van der Waals surface area contributed by atoms with Gasteiger partial charge in [0.15, 0.2) is 0 Å². The summed E-state index contributed by atoms with van der Waals surface area (Å²) in [5.74, 6) is 0.474. The predicted molar refractivity (Wildman–Crippen MR) is 135 cm³/mol. The molecule has 1 aromatic heterocycles. The predicted octanol–water partition coefficient (Wildman–Crippen LogP) is 5.28. The van der Waals surface area contributed by atoms with Gasteiger partial charge in [0.05, 0.1) is 24.2 Å². The van der Waals surface area contributed by atoms with Gasteiger partial charge in [0.2, 0.25) is 5.91 Å². The summed E-state index contributed by atoms with van der Waals surface area (Å²) >= 11 is 0. The standard InChI is InChI=1S/C28H30N4O2/c1-19-15-16-26(34-4)25(17-19)30-28(33)27(22-11-7-5-8-12-22)29-18-24-20(2)31-32(21(24)3)23-13-9-6-10-14-23/h5-17,27,29H,18H2,1-4H3,(H,30,33)/t27-/m1/s1. The maximum atomic E-state index is 13.5. The number of anilines is 1. The first-order valence-corrected chi connectivity index (χ1v) is 11.3. The SMILES string of the molecule is COc1ccc(C)cc1NC(=O)[C@H](NCc1c(C)nn(-c2ccccc2)c1C)c1ccccc1. The largest absolute Gasteiger partial charge is 0.495 e. The lowest BCUT2D eigenvalue weighted by Gasteiger charge is -2.20. The first-order valence-electron chi connectivity index (χ1n) is 11.3. The minimum Gasteiger partial charge on any atom is -0.495 e. The molecule has 0 unspecified atom stereocenters. The Labute approximate surface area is 200 Å². The number of ether oxygens (including phenoxy) is 1. The van der Waals surface area contributed by atoms with Crippen molar-refractivity contribution in [2.45, 2.75) is 33.4 Å². The second kappa shape index (κ2) is 10.4. The van der Waals surface area contributed by atoms with Crippen LogP contribution in [0, 0.1) is 20.8 Å². The number of aromatic nitrogens is 2. The van der Waals surface area contributed by atoms with E-state index >= 15 is 0 Å². The van der Waals surface area contributed by atoms with Crippen LogP contribution in [-0.2, 0) is 11.3 Å². The van der Waals surface area contributed by atoms with Gasteiger partial charge in [-0.2, -0.15) is 5.10 Å². The highest BCUT2D eigenvalue weighted by atomic mass is 16.5. The molecule has 0 radical (unpaired) electrons. The van der Waals surface area contributed by atoms with Crippen molar-refractivity contribution in [3.05, 3.63) is 107 Å². The molecule has 0 spiro atoms. The number of amides is 1. The van der Waals surface area contributed by atoms with Crippen LogP contribution in [0.4, 0.5) is 5.69 Å². The molecule has 6 nitrogen and oxygen atoms in total. The summed E-state index contributed by atoms with van der Waals surface area (Å²) in [6, 6.07) is 25.0.